The summed E-state index contributed by atoms with van der Waals surface area (Å²) in [6, 6.07) is 10.9. The average Bonchev–Trinajstić information content (AvgIpc) is 3.31. The fraction of sp³-hybridized carbons (Fsp3) is 0.154. The minimum atomic E-state index is -0.743. The number of rotatable bonds is 11. The van der Waals surface area contributed by atoms with Gasteiger partial charge in [-0.1, -0.05) is 18.7 Å². The van der Waals surface area contributed by atoms with Crippen LogP contribution in [-0.2, 0) is 4.79 Å². The third-order valence-electron chi connectivity index (χ3n) is 5.36. The van der Waals surface area contributed by atoms with E-state index in [4.69, 9.17) is 25.4 Å². The Labute approximate surface area is 222 Å². The van der Waals surface area contributed by atoms with Gasteiger partial charge < -0.3 is 25.3 Å². The second kappa shape index (κ2) is 11.7. The quantitative estimate of drug-likeness (QED) is 0.0738. The highest BCUT2D eigenvalue weighted by molar-refractivity contribution is 5.98. The Morgan fingerprint density at radius 2 is 1.97 bits per heavy atom. The number of aromatic nitrogens is 5. The van der Waals surface area contributed by atoms with Gasteiger partial charge in [0, 0.05) is 31.1 Å². The van der Waals surface area contributed by atoms with Crippen molar-refractivity contribution in [1.82, 2.24) is 24.7 Å². The normalized spacial score (nSPS) is 11.3. The van der Waals surface area contributed by atoms with Crippen LogP contribution < -0.4 is 31.0 Å². The summed E-state index contributed by atoms with van der Waals surface area (Å²) in [5.41, 5.74) is 6.48. The number of H-pyrrole nitrogens is 1. The molecule has 0 aliphatic rings. The van der Waals surface area contributed by atoms with Gasteiger partial charge in [-0.05, 0) is 35.9 Å². The molecule has 2 aromatic heterocycles. The van der Waals surface area contributed by atoms with Gasteiger partial charge in [0.1, 0.15) is 24.2 Å². The topological polar surface area (TPSA) is 183 Å². The SMILES string of the molecule is C=CCOc1cc(C(Nc2ccc(C(=N)N)c(OC(C)=O)c2)c2nn(-c3ncccn3)c(=O)[nH]2)ccc1OC. The lowest BCUT2D eigenvalue weighted by molar-refractivity contribution is -0.131. The van der Waals surface area contributed by atoms with Crippen LogP contribution in [0.1, 0.15) is 29.9 Å². The smallest absolute Gasteiger partial charge is 0.350 e. The molecule has 0 saturated heterocycles. The molecule has 0 fully saturated rings. The van der Waals surface area contributed by atoms with Crippen LogP contribution in [-0.4, -0.2) is 50.3 Å². The lowest BCUT2D eigenvalue weighted by atomic mass is 10.0. The van der Waals surface area contributed by atoms with Crippen LogP contribution >= 0.6 is 0 Å². The Balaban J connectivity index is 1.82. The van der Waals surface area contributed by atoms with E-state index in [0.717, 1.165) is 4.68 Å². The molecular weight excluding hydrogens is 504 g/mol. The first-order valence-electron chi connectivity index (χ1n) is 11.6. The predicted molar refractivity (Wildman–Crippen MR) is 143 cm³/mol. The summed E-state index contributed by atoms with van der Waals surface area (Å²) in [7, 11) is 1.53. The van der Waals surface area contributed by atoms with E-state index < -0.39 is 17.7 Å². The summed E-state index contributed by atoms with van der Waals surface area (Å²) in [6.07, 6.45) is 4.60. The van der Waals surface area contributed by atoms with E-state index >= 15 is 0 Å². The number of amidine groups is 1. The predicted octanol–water partition coefficient (Wildman–Crippen LogP) is 2.33. The fourth-order valence-electron chi connectivity index (χ4n) is 3.69. The first kappa shape index (κ1) is 26.6. The Kier molecular flexibility index (Phi) is 8.00. The monoisotopic (exact) mass is 530 g/mol. The Morgan fingerprint density at radius 3 is 2.64 bits per heavy atom. The summed E-state index contributed by atoms with van der Waals surface area (Å²) >= 11 is 0. The van der Waals surface area contributed by atoms with E-state index in [1.807, 2.05) is 0 Å². The summed E-state index contributed by atoms with van der Waals surface area (Å²) in [6.45, 7) is 5.17. The molecule has 1 unspecified atom stereocenters. The van der Waals surface area contributed by atoms with Gasteiger partial charge >= 0.3 is 11.7 Å². The minimum absolute atomic E-state index is 0.0939. The van der Waals surface area contributed by atoms with Gasteiger partial charge in [0.25, 0.3) is 5.95 Å². The number of hydrogen-bond donors (Lipinski definition) is 4. The van der Waals surface area contributed by atoms with E-state index in [-0.39, 0.29) is 35.5 Å². The van der Waals surface area contributed by atoms with Crippen molar-refractivity contribution in [1.29, 1.82) is 5.41 Å². The molecule has 0 bridgehead atoms. The molecule has 0 aliphatic heterocycles. The molecular formula is C26H26N8O5. The van der Waals surface area contributed by atoms with E-state index in [2.05, 4.69) is 31.9 Å². The number of nitrogens with two attached hydrogens (primary N) is 1. The zero-order chi connectivity index (χ0) is 27.9. The number of nitrogens with zero attached hydrogens (tertiary/aromatic N) is 4. The highest BCUT2D eigenvalue weighted by atomic mass is 16.5. The molecule has 0 amide bonds. The summed E-state index contributed by atoms with van der Waals surface area (Å²) in [5, 5.41) is 15.5. The number of ether oxygens (including phenoxy) is 3. The molecule has 13 heteroatoms. The van der Waals surface area contributed by atoms with E-state index in [0.29, 0.717) is 22.7 Å². The van der Waals surface area contributed by atoms with Crippen LogP contribution in [0.4, 0.5) is 5.69 Å². The second-order valence-corrected chi connectivity index (χ2v) is 8.08. The summed E-state index contributed by atoms with van der Waals surface area (Å²) in [4.78, 5) is 35.4. The van der Waals surface area contributed by atoms with E-state index in [1.54, 1.807) is 42.5 Å². The molecule has 4 aromatic rings. The van der Waals surface area contributed by atoms with Crippen molar-refractivity contribution in [2.45, 2.75) is 13.0 Å². The molecule has 13 nitrogen and oxygen atoms in total. The maximum Gasteiger partial charge on any atom is 0.350 e. The Hall–Kier alpha value is -5.46. The first-order chi connectivity index (χ1) is 18.8. The van der Waals surface area contributed by atoms with Gasteiger partial charge in [0.15, 0.2) is 17.3 Å². The van der Waals surface area contributed by atoms with Crippen LogP contribution in [0.15, 0.2) is 72.3 Å². The Morgan fingerprint density at radius 1 is 1.21 bits per heavy atom. The molecule has 0 saturated carbocycles. The van der Waals surface area contributed by atoms with Crippen molar-refractivity contribution in [3.63, 3.8) is 0 Å². The first-order valence-corrected chi connectivity index (χ1v) is 11.6. The second-order valence-electron chi connectivity index (χ2n) is 8.08. The molecule has 200 valence electrons. The number of anilines is 1. The maximum atomic E-state index is 12.8. The Bertz CT molecular complexity index is 1560. The molecule has 1 atom stereocenters. The highest BCUT2D eigenvalue weighted by Gasteiger charge is 2.23. The largest absolute Gasteiger partial charge is 0.493 e. The minimum Gasteiger partial charge on any atom is -0.493 e. The molecule has 5 N–H and O–H groups in total. The molecule has 0 aliphatic carbocycles. The van der Waals surface area contributed by atoms with Crippen molar-refractivity contribution >= 4 is 17.5 Å². The van der Waals surface area contributed by atoms with E-state index in [1.165, 1.54) is 32.5 Å². The van der Waals surface area contributed by atoms with Gasteiger partial charge in [0.05, 0.1) is 12.7 Å². The molecule has 0 radical (unpaired) electrons. The standard InChI is InChI=1S/C26H26N8O5/c1-4-12-38-21-13-16(6-9-19(21)37-3)22(24-32-26(36)34(33-24)25-29-10-5-11-30-25)31-17-7-8-18(23(27)28)20(14-17)39-15(2)35/h4-11,13-14,22,31H,1,12H2,2-3H3,(H3,27,28)(H,32,33,36). The number of hydrogen-bond acceptors (Lipinski definition) is 10. The third kappa shape index (κ3) is 6.10. The van der Waals surface area contributed by atoms with Gasteiger partial charge in [-0.15, -0.1) is 9.78 Å². The molecule has 0 spiro atoms. The number of carbonyl (C=O) groups is 1. The van der Waals surface area contributed by atoms with Crippen molar-refractivity contribution in [3.8, 4) is 23.2 Å². The number of methoxy groups -OCH3 is 1. The van der Waals surface area contributed by atoms with Crippen molar-refractivity contribution in [3.05, 3.63) is 94.9 Å². The summed E-state index contributed by atoms with van der Waals surface area (Å²) < 4.78 is 17.5. The van der Waals surface area contributed by atoms with E-state index in [9.17, 15) is 9.59 Å². The number of benzene rings is 2. The van der Waals surface area contributed by atoms with Crippen LogP contribution in [0.5, 0.6) is 17.2 Å². The number of esters is 1. The number of carbonyl (C=O) groups excluding carboxylic acids is 1. The molecule has 2 heterocycles. The van der Waals surface area contributed by atoms with Crippen molar-refractivity contribution in [2.24, 2.45) is 5.73 Å². The van der Waals surface area contributed by atoms with Crippen LogP contribution in [0.25, 0.3) is 5.95 Å². The van der Waals surface area contributed by atoms with Crippen LogP contribution in [0.2, 0.25) is 0 Å². The third-order valence-corrected chi connectivity index (χ3v) is 5.36. The van der Waals surface area contributed by atoms with Gasteiger partial charge in [0.2, 0.25) is 0 Å². The van der Waals surface area contributed by atoms with Crippen molar-refractivity contribution < 1.29 is 19.0 Å². The van der Waals surface area contributed by atoms with Crippen LogP contribution in [0, 0.1) is 5.41 Å². The average molecular weight is 531 g/mol. The van der Waals surface area contributed by atoms with Gasteiger partial charge in [-0.25, -0.2) is 14.8 Å². The zero-order valence-corrected chi connectivity index (χ0v) is 21.2. The van der Waals surface area contributed by atoms with Gasteiger partial charge in [-0.2, -0.15) is 0 Å². The lowest BCUT2D eigenvalue weighted by Gasteiger charge is -2.21. The lowest BCUT2D eigenvalue weighted by Crippen LogP contribution is -2.18. The fourth-order valence-corrected chi connectivity index (χ4v) is 3.69. The number of aromatic amines is 1. The zero-order valence-electron chi connectivity index (χ0n) is 21.2. The number of nitrogens with one attached hydrogen (secondary N) is 3. The highest BCUT2D eigenvalue weighted by Crippen LogP contribution is 2.34. The van der Waals surface area contributed by atoms with Crippen LogP contribution in [0.3, 0.4) is 0 Å². The summed E-state index contributed by atoms with van der Waals surface area (Å²) in [5.74, 6) is 0.533. The molecule has 39 heavy (non-hydrogen) atoms. The maximum absolute atomic E-state index is 12.8. The molecule has 2 aromatic carbocycles. The molecule has 4 rings (SSSR count). The van der Waals surface area contributed by atoms with Gasteiger partial charge in [-0.3, -0.25) is 15.2 Å². The number of nitrogen functional groups attached to an aromatic ring is 1. The van der Waals surface area contributed by atoms with Crippen molar-refractivity contribution in [2.75, 3.05) is 19.0 Å².